The number of nitrogens with one attached hydrogen (secondary N) is 1. The first-order chi connectivity index (χ1) is 11.3. The SMILES string of the molecule is CC(=NN=C1NC(=O)C(CC(=O)O)S1)c1ccc(OC(C)C)cc1. The molecule has 7 nitrogen and oxygen atoms in total. The molecule has 1 atom stereocenters. The second-order valence-electron chi connectivity index (χ2n) is 5.48. The molecule has 2 N–H and O–H groups in total. The molecule has 1 unspecified atom stereocenters. The van der Waals surface area contributed by atoms with Crippen LogP contribution in [0.15, 0.2) is 34.5 Å². The van der Waals surface area contributed by atoms with Crippen LogP contribution in [-0.2, 0) is 9.59 Å². The number of carboxylic acid groups (broad SMARTS) is 1. The summed E-state index contributed by atoms with van der Waals surface area (Å²) >= 11 is 1.07. The maximum Gasteiger partial charge on any atom is 0.305 e. The highest BCUT2D eigenvalue weighted by molar-refractivity contribution is 8.15. The summed E-state index contributed by atoms with van der Waals surface area (Å²) in [5.41, 5.74) is 1.56. The minimum atomic E-state index is -1.02. The van der Waals surface area contributed by atoms with E-state index in [1.807, 2.05) is 38.1 Å². The Morgan fingerprint density at radius 1 is 1.38 bits per heavy atom. The van der Waals surface area contributed by atoms with Gasteiger partial charge >= 0.3 is 5.97 Å². The predicted molar refractivity (Wildman–Crippen MR) is 93.6 cm³/mol. The zero-order valence-electron chi connectivity index (χ0n) is 13.6. The topological polar surface area (TPSA) is 100 Å². The van der Waals surface area contributed by atoms with Crippen LogP contribution in [0.5, 0.6) is 5.75 Å². The molecule has 0 radical (unpaired) electrons. The smallest absolute Gasteiger partial charge is 0.305 e. The largest absolute Gasteiger partial charge is 0.491 e. The molecule has 8 heteroatoms. The zero-order chi connectivity index (χ0) is 17.7. The van der Waals surface area contributed by atoms with Crippen molar-refractivity contribution >= 4 is 34.5 Å². The van der Waals surface area contributed by atoms with Gasteiger partial charge < -0.3 is 15.2 Å². The van der Waals surface area contributed by atoms with Gasteiger partial charge in [0.2, 0.25) is 5.91 Å². The number of aliphatic carboxylic acids is 1. The molecular formula is C16H19N3O4S. The number of nitrogens with zero attached hydrogens (tertiary/aromatic N) is 2. The Balaban J connectivity index is 2.03. The first-order valence-corrected chi connectivity index (χ1v) is 8.31. The number of carboxylic acids is 1. The molecule has 1 aromatic rings. The monoisotopic (exact) mass is 349 g/mol. The number of carbonyl (C=O) groups excluding carboxylic acids is 1. The molecule has 0 saturated carbocycles. The third-order valence-corrected chi connectivity index (χ3v) is 4.14. The maximum absolute atomic E-state index is 11.6. The van der Waals surface area contributed by atoms with Gasteiger partial charge in [0.05, 0.1) is 18.2 Å². The van der Waals surface area contributed by atoms with Crippen LogP contribution in [0, 0.1) is 0 Å². The Labute approximate surface area is 144 Å². The van der Waals surface area contributed by atoms with Crippen LogP contribution in [0.2, 0.25) is 0 Å². The molecule has 1 saturated heterocycles. The van der Waals surface area contributed by atoms with Crippen LogP contribution >= 0.6 is 11.8 Å². The molecular weight excluding hydrogens is 330 g/mol. The summed E-state index contributed by atoms with van der Waals surface area (Å²) in [5.74, 6) is -0.598. The maximum atomic E-state index is 11.6. The van der Waals surface area contributed by atoms with Crippen molar-refractivity contribution in [1.82, 2.24) is 5.32 Å². The highest BCUT2D eigenvalue weighted by Crippen LogP contribution is 2.22. The van der Waals surface area contributed by atoms with Crippen LogP contribution in [0.3, 0.4) is 0 Å². The molecule has 1 amide bonds. The van der Waals surface area contributed by atoms with Gasteiger partial charge in [-0.25, -0.2) is 0 Å². The quantitative estimate of drug-likeness (QED) is 0.606. The van der Waals surface area contributed by atoms with Gasteiger partial charge in [-0.05, 0) is 50.6 Å². The number of hydrogen-bond acceptors (Lipinski definition) is 6. The normalized spacial score (nSPS) is 19.7. The van der Waals surface area contributed by atoms with Crippen molar-refractivity contribution in [2.45, 2.75) is 38.5 Å². The number of amides is 1. The third-order valence-electron chi connectivity index (χ3n) is 3.07. The number of amidine groups is 1. The molecule has 1 heterocycles. The first-order valence-electron chi connectivity index (χ1n) is 7.44. The molecule has 1 fully saturated rings. The first kappa shape index (κ1) is 18.0. The summed E-state index contributed by atoms with van der Waals surface area (Å²) in [5, 5.41) is 19.0. The molecule has 24 heavy (non-hydrogen) atoms. The second-order valence-corrected chi connectivity index (χ2v) is 6.67. The molecule has 1 aromatic carbocycles. The highest BCUT2D eigenvalue weighted by atomic mass is 32.2. The number of ether oxygens (including phenoxy) is 1. The lowest BCUT2D eigenvalue weighted by Crippen LogP contribution is -2.26. The molecule has 1 aliphatic heterocycles. The highest BCUT2D eigenvalue weighted by Gasteiger charge is 2.32. The fraction of sp³-hybridized carbons (Fsp3) is 0.375. The van der Waals surface area contributed by atoms with E-state index >= 15 is 0 Å². The molecule has 0 aromatic heterocycles. The van der Waals surface area contributed by atoms with Crippen LogP contribution in [0.25, 0.3) is 0 Å². The van der Waals surface area contributed by atoms with Gasteiger partial charge in [-0.15, -0.1) is 5.10 Å². The standard InChI is InChI=1S/C16H19N3O4S/c1-9(2)23-12-6-4-11(5-7-12)10(3)18-19-16-17-15(22)13(24-16)8-14(20)21/h4-7,9,13H,8H2,1-3H3,(H,20,21)(H,17,19,22). The zero-order valence-corrected chi connectivity index (χ0v) is 14.5. The summed E-state index contributed by atoms with van der Waals surface area (Å²) in [6, 6.07) is 7.47. The van der Waals surface area contributed by atoms with Gasteiger partial charge in [0.1, 0.15) is 11.0 Å². The number of carbonyl (C=O) groups is 2. The van der Waals surface area contributed by atoms with E-state index in [2.05, 4.69) is 15.5 Å². The summed E-state index contributed by atoms with van der Waals surface area (Å²) in [6.45, 7) is 5.72. The fourth-order valence-electron chi connectivity index (χ4n) is 1.97. The second kappa shape index (κ2) is 7.96. The minimum absolute atomic E-state index is 0.110. The predicted octanol–water partition coefficient (Wildman–Crippen LogP) is 2.26. The lowest BCUT2D eigenvalue weighted by Gasteiger charge is -2.09. The number of hydrogen-bond donors (Lipinski definition) is 2. The van der Waals surface area contributed by atoms with Gasteiger partial charge in [0.15, 0.2) is 5.17 Å². The van der Waals surface area contributed by atoms with Gasteiger partial charge in [-0.2, -0.15) is 5.10 Å². The summed E-state index contributed by atoms with van der Waals surface area (Å²) < 4.78 is 5.58. The van der Waals surface area contributed by atoms with Crippen molar-refractivity contribution in [3.8, 4) is 5.75 Å². The van der Waals surface area contributed by atoms with E-state index in [1.165, 1.54) is 0 Å². The lowest BCUT2D eigenvalue weighted by molar-refractivity contribution is -0.138. The molecule has 0 bridgehead atoms. The molecule has 0 spiro atoms. The Morgan fingerprint density at radius 3 is 2.62 bits per heavy atom. The van der Waals surface area contributed by atoms with Crippen molar-refractivity contribution in [3.63, 3.8) is 0 Å². The van der Waals surface area contributed by atoms with E-state index in [9.17, 15) is 9.59 Å². The van der Waals surface area contributed by atoms with E-state index in [4.69, 9.17) is 9.84 Å². The van der Waals surface area contributed by atoms with Crippen LogP contribution < -0.4 is 10.1 Å². The summed E-state index contributed by atoms with van der Waals surface area (Å²) in [4.78, 5) is 22.3. The number of benzene rings is 1. The van der Waals surface area contributed by atoms with E-state index in [0.29, 0.717) is 10.9 Å². The van der Waals surface area contributed by atoms with Gasteiger partial charge in [0.25, 0.3) is 0 Å². The van der Waals surface area contributed by atoms with Crippen molar-refractivity contribution < 1.29 is 19.4 Å². The molecule has 128 valence electrons. The minimum Gasteiger partial charge on any atom is -0.491 e. The van der Waals surface area contributed by atoms with E-state index < -0.39 is 11.2 Å². The van der Waals surface area contributed by atoms with Crippen LogP contribution in [-0.4, -0.2) is 39.2 Å². The average Bonchev–Trinajstić information content (AvgIpc) is 2.84. The van der Waals surface area contributed by atoms with Crippen LogP contribution in [0.1, 0.15) is 32.8 Å². The average molecular weight is 349 g/mol. The lowest BCUT2D eigenvalue weighted by atomic mass is 10.1. The summed E-state index contributed by atoms with van der Waals surface area (Å²) in [6.07, 6.45) is -0.131. The number of thioether (sulfide) groups is 1. The molecule has 2 rings (SSSR count). The van der Waals surface area contributed by atoms with Crippen molar-refractivity contribution in [2.75, 3.05) is 0 Å². The van der Waals surface area contributed by atoms with Gasteiger partial charge in [-0.1, -0.05) is 11.8 Å². The van der Waals surface area contributed by atoms with E-state index in [0.717, 1.165) is 23.1 Å². The van der Waals surface area contributed by atoms with Crippen LogP contribution in [0.4, 0.5) is 0 Å². The van der Waals surface area contributed by atoms with Crippen molar-refractivity contribution in [2.24, 2.45) is 10.2 Å². The summed E-state index contributed by atoms with van der Waals surface area (Å²) in [7, 11) is 0. The molecule has 1 aliphatic rings. The van der Waals surface area contributed by atoms with Gasteiger partial charge in [0, 0.05) is 0 Å². The van der Waals surface area contributed by atoms with Gasteiger partial charge in [-0.3, -0.25) is 9.59 Å². The number of rotatable bonds is 6. The third kappa shape index (κ3) is 5.09. The van der Waals surface area contributed by atoms with Crippen molar-refractivity contribution in [3.05, 3.63) is 29.8 Å². The van der Waals surface area contributed by atoms with E-state index in [-0.39, 0.29) is 18.4 Å². The Bertz CT molecular complexity index is 683. The van der Waals surface area contributed by atoms with E-state index in [1.54, 1.807) is 6.92 Å². The Morgan fingerprint density at radius 2 is 2.04 bits per heavy atom. The van der Waals surface area contributed by atoms with Crippen molar-refractivity contribution in [1.29, 1.82) is 0 Å². The Kier molecular flexibility index (Phi) is 5.97. The fourth-order valence-corrected chi connectivity index (χ4v) is 2.88. The molecule has 0 aliphatic carbocycles. The Hall–Kier alpha value is -2.35.